The molecule has 166 valence electrons. The van der Waals surface area contributed by atoms with Gasteiger partial charge in [-0.15, -0.1) is 10.2 Å². The number of thioether (sulfide) groups is 1. The van der Waals surface area contributed by atoms with E-state index in [0.717, 1.165) is 22.6 Å². The summed E-state index contributed by atoms with van der Waals surface area (Å²) < 4.78 is 7.49. The monoisotopic (exact) mass is 458 g/mol. The first-order valence-electron chi connectivity index (χ1n) is 10.3. The molecule has 9 heteroatoms. The summed E-state index contributed by atoms with van der Waals surface area (Å²) >= 11 is 1.29. The smallest absolute Gasteiger partial charge is 0.250 e. The highest BCUT2D eigenvalue weighted by Gasteiger charge is 2.17. The molecule has 0 aliphatic rings. The van der Waals surface area contributed by atoms with Gasteiger partial charge in [-0.1, -0.05) is 42.1 Å². The minimum Gasteiger partial charge on any atom is -0.494 e. The Bertz CT molecular complexity index is 1210. The largest absolute Gasteiger partial charge is 0.494 e. The van der Waals surface area contributed by atoms with Crippen LogP contribution in [-0.4, -0.2) is 44.2 Å². The minimum atomic E-state index is -0.243. The van der Waals surface area contributed by atoms with Gasteiger partial charge in [0.15, 0.2) is 11.0 Å². The zero-order valence-electron chi connectivity index (χ0n) is 18.0. The number of benzene rings is 2. The van der Waals surface area contributed by atoms with Crippen molar-refractivity contribution in [3.05, 3.63) is 84.7 Å². The van der Waals surface area contributed by atoms with E-state index in [4.69, 9.17) is 4.74 Å². The Morgan fingerprint density at radius 3 is 2.55 bits per heavy atom. The molecule has 0 aliphatic heterocycles. The normalized spacial score (nSPS) is 10.9. The van der Waals surface area contributed by atoms with E-state index in [9.17, 15) is 4.79 Å². The Labute approximate surface area is 195 Å². The van der Waals surface area contributed by atoms with Gasteiger partial charge in [0, 0.05) is 23.6 Å². The number of nitrogens with zero attached hydrogens (tertiary/aromatic N) is 5. The van der Waals surface area contributed by atoms with Crippen molar-refractivity contribution in [2.24, 2.45) is 5.10 Å². The van der Waals surface area contributed by atoms with Gasteiger partial charge in [-0.25, -0.2) is 5.43 Å². The van der Waals surface area contributed by atoms with Gasteiger partial charge in [-0.3, -0.25) is 14.3 Å². The fraction of sp³-hybridized carbons (Fsp3) is 0.125. The molecule has 0 unspecified atom stereocenters. The van der Waals surface area contributed by atoms with Gasteiger partial charge in [-0.05, 0) is 48.9 Å². The number of ether oxygens (including phenoxy) is 1. The highest BCUT2D eigenvalue weighted by atomic mass is 32.2. The van der Waals surface area contributed by atoms with Crippen LogP contribution in [0.3, 0.4) is 0 Å². The molecular formula is C24H22N6O2S. The average molecular weight is 459 g/mol. The van der Waals surface area contributed by atoms with E-state index in [-0.39, 0.29) is 11.7 Å². The summed E-state index contributed by atoms with van der Waals surface area (Å²) in [5.41, 5.74) is 5.19. The van der Waals surface area contributed by atoms with Crippen LogP contribution in [0.1, 0.15) is 12.5 Å². The van der Waals surface area contributed by atoms with E-state index in [1.165, 1.54) is 11.8 Å². The van der Waals surface area contributed by atoms with Crippen molar-refractivity contribution in [1.29, 1.82) is 0 Å². The van der Waals surface area contributed by atoms with Crippen LogP contribution in [0.15, 0.2) is 89.4 Å². The third-order valence-electron chi connectivity index (χ3n) is 4.51. The fourth-order valence-electron chi connectivity index (χ4n) is 3.02. The number of carbonyl (C=O) groups excluding carboxylic acids is 1. The van der Waals surface area contributed by atoms with Crippen molar-refractivity contribution in [3.63, 3.8) is 0 Å². The summed E-state index contributed by atoms with van der Waals surface area (Å²) in [6, 6.07) is 21.1. The van der Waals surface area contributed by atoms with Gasteiger partial charge in [0.2, 0.25) is 0 Å². The van der Waals surface area contributed by atoms with Gasteiger partial charge in [0.1, 0.15) is 5.75 Å². The van der Waals surface area contributed by atoms with Gasteiger partial charge in [0.25, 0.3) is 5.91 Å². The molecule has 8 nitrogen and oxygen atoms in total. The highest BCUT2D eigenvalue weighted by molar-refractivity contribution is 7.99. The lowest BCUT2D eigenvalue weighted by molar-refractivity contribution is -0.118. The van der Waals surface area contributed by atoms with E-state index < -0.39 is 0 Å². The first-order chi connectivity index (χ1) is 16.2. The Hall–Kier alpha value is -3.98. The second-order valence-corrected chi connectivity index (χ2v) is 7.74. The second kappa shape index (κ2) is 11.1. The predicted octanol–water partition coefficient (Wildman–Crippen LogP) is 3.97. The Morgan fingerprint density at radius 1 is 1.06 bits per heavy atom. The molecule has 0 bridgehead atoms. The number of nitrogens with one attached hydrogen (secondary N) is 1. The van der Waals surface area contributed by atoms with Gasteiger partial charge in [-0.2, -0.15) is 5.10 Å². The van der Waals surface area contributed by atoms with Crippen LogP contribution >= 0.6 is 11.8 Å². The molecule has 2 aromatic carbocycles. The summed E-state index contributed by atoms with van der Waals surface area (Å²) in [7, 11) is 0. The second-order valence-electron chi connectivity index (χ2n) is 6.80. The van der Waals surface area contributed by atoms with Crippen LogP contribution in [0.2, 0.25) is 0 Å². The van der Waals surface area contributed by atoms with Gasteiger partial charge in [0.05, 0.1) is 18.6 Å². The van der Waals surface area contributed by atoms with Gasteiger partial charge < -0.3 is 4.74 Å². The van der Waals surface area contributed by atoms with E-state index in [1.54, 1.807) is 30.7 Å². The number of hydrogen-bond donors (Lipinski definition) is 1. The molecule has 1 amide bonds. The number of hydrogen-bond acceptors (Lipinski definition) is 7. The standard InChI is InChI=1S/C24H22N6O2S/c1-2-32-21-10-8-20(9-11-21)30-23(19-6-4-3-5-7-19)28-29-24(30)33-17-22(31)27-26-16-18-12-14-25-15-13-18/h3-16H,2,17H2,1H3,(H,27,31). The molecular weight excluding hydrogens is 436 g/mol. The quantitative estimate of drug-likeness (QED) is 0.232. The molecule has 2 aromatic heterocycles. The Balaban J connectivity index is 1.52. The van der Waals surface area contributed by atoms with Crippen LogP contribution in [0.4, 0.5) is 0 Å². The zero-order valence-corrected chi connectivity index (χ0v) is 18.8. The fourth-order valence-corrected chi connectivity index (χ4v) is 3.76. The van der Waals surface area contributed by atoms with Crippen molar-refractivity contribution in [3.8, 4) is 22.8 Å². The Morgan fingerprint density at radius 2 is 1.82 bits per heavy atom. The van der Waals surface area contributed by atoms with E-state index >= 15 is 0 Å². The molecule has 0 spiro atoms. The summed E-state index contributed by atoms with van der Waals surface area (Å²) in [6.45, 7) is 2.54. The molecule has 4 rings (SSSR count). The van der Waals surface area contributed by atoms with Crippen molar-refractivity contribution in [2.75, 3.05) is 12.4 Å². The maximum Gasteiger partial charge on any atom is 0.250 e. The highest BCUT2D eigenvalue weighted by Crippen LogP contribution is 2.28. The molecule has 2 heterocycles. The third-order valence-corrected chi connectivity index (χ3v) is 5.44. The summed E-state index contributed by atoms with van der Waals surface area (Å²) in [6.07, 6.45) is 4.90. The van der Waals surface area contributed by atoms with E-state index in [2.05, 4.69) is 25.7 Å². The third kappa shape index (κ3) is 5.83. The van der Waals surface area contributed by atoms with Crippen LogP contribution in [-0.2, 0) is 4.79 Å². The average Bonchev–Trinajstić information content (AvgIpc) is 3.29. The predicted molar refractivity (Wildman–Crippen MR) is 129 cm³/mol. The lowest BCUT2D eigenvalue weighted by atomic mass is 10.2. The lowest BCUT2D eigenvalue weighted by Gasteiger charge is -2.11. The molecule has 0 atom stereocenters. The van der Waals surface area contributed by atoms with Gasteiger partial charge >= 0.3 is 0 Å². The topological polar surface area (TPSA) is 94.3 Å². The van der Waals surface area contributed by atoms with Crippen LogP contribution < -0.4 is 10.2 Å². The number of hydrazone groups is 1. The molecule has 0 fully saturated rings. The summed E-state index contributed by atoms with van der Waals surface area (Å²) in [5.74, 6) is 1.37. The van der Waals surface area contributed by atoms with Crippen molar-refractivity contribution in [2.45, 2.75) is 12.1 Å². The SMILES string of the molecule is CCOc1ccc(-n2c(SCC(=O)NN=Cc3ccncc3)nnc2-c2ccccc2)cc1. The molecule has 1 N–H and O–H groups in total. The summed E-state index contributed by atoms with van der Waals surface area (Å²) in [5, 5.41) is 13.3. The number of carbonyl (C=O) groups is 1. The van der Waals surface area contributed by atoms with Crippen LogP contribution in [0.5, 0.6) is 5.75 Å². The minimum absolute atomic E-state index is 0.137. The van der Waals surface area contributed by atoms with Crippen LogP contribution in [0, 0.1) is 0 Å². The lowest BCUT2D eigenvalue weighted by Crippen LogP contribution is -2.20. The maximum absolute atomic E-state index is 12.3. The molecule has 4 aromatic rings. The molecule has 33 heavy (non-hydrogen) atoms. The molecule has 0 saturated carbocycles. The maximum atomic E-state index is 12.3. The number of rotatable bonds is 9. The number of pyridine rings is 1. The van der Waals surface area contributed by atoms with Crippen molar-refractivity contribution in [1.82, 2.24) is 25.2 Å². The first kappa shape index (κ1) is 22.2. The number of aromatic nitrogens is 4. The molecule has 0 radical (unpaired) electrons. The van der Waals surface area contributed by atoms with Crippen molar-refractivity contribution >= 4 is 23.9 Å². The molecule has 0 saturated heterocycles. The Kier molecular flexibility index (Phi) is 7.44. The molecule has 0 aliphatic carbocycles. The first-order valence-corrected chi connectivity index (χ1v) is 11.3. The summed E-state index contributed by atoms with van der Waals surface area (Å²) in [4.78, 5) is 16.3. The van der Waals surface area contributed by atoms with Crippen molar-refractivity contribution < 1.29 is 9.53 Å². The van der Waals surface area contributed by atoms with Crippen LogP contribution in [0.25, 0.3) is 17.1 Å². The number of amides is 1. The van der Waals surface area contributed by atoms with E-state index in [1.807, 2.05) is 66.1 Å². The zero-order chi connectivity index (χ0) is 22.9. The van der Waals surface area contributed by atoms with E-state index in [0.29, 0.717) is 17.6 Å².